The first-order chi connectivity index (χ1) is 6.87. The summed E-state index contributed by atoms with van der Waals surface area (Å²) >= 11 is 0. The molecule has 0 bridgehead atoms. The van der Waals surface area contributed by atoms with Crippen LogP contribution in [-0.4, -0.2) is 38.3 Å². The van der Waals surface area contributed by atoms with Gasteiger partial charge in [-0.1, -0.05) is 5.21 Å². The summed E-state index contributed by atoms with van der Waals surface area (Å²) < 4.78 is 1.64. The number of aryl methyl sites for hydroxylation is 1. The van der Waals surface area contributed by atoms with E-state index in [9.17, 15) is 5.11 Å². The highest BCUT2D eigenvalue weighted by Gasteiger charge is 2.13. The van der Waals surface area contributed by atoms with Crippen LogP contribution in [0.3, 0.4) is 0 Å². The van der Waals surface area contributed by atoms with Crippen molar-refractivity contribution in [1.29, 1.82) is 0 Å². The summed E-state index contributed by atoms with van der Waals surface area (Å²) in [5.41, 5.74) is 0.851. The summed E-state index contributed by atoms with van der Waals surface area (Å²) in [6, 6.07) is 0. The smallest absolute Gasteiger partial charge is 0.0853 e. The van der Waals surface area contributed by atoms with Crippen LogP contribution in [0.1, 0.15) is 26.5 Å². The predicted octanol–water partition coefficient (Wildman–Crippen LogP) is 0.107. The van der Waals surface area contributed by atoms with Crippen molar-refractivity contribution in [3.8, 4) is 0 Å². The number of nitrogens with zero attached hydrogens (tertiary/aromatic N) is 3. The fraction of sp³-hybridized carbons (Fsp3) is 0.800. The Bertz CT molecular complexity index is 303. The molecule has 0 aromatic carbocycles. The Kier molecular flexibility index (Phi) is 3.82. The number of aromatic nitrogens is 3. The maximum absolute atomic E-state index is 9.74. The van der Waals surface area contributed by atoms with E-state index in [2.05, 4.69) is 36.4 Å². The van der Waals surface area contributed by atoms with Crippen molar-refractivity contribution in [2.75, 3.05) is 6.54 Å². The Morgan fingerprint density at radius 1 is 1.53 bits per heavy atom. The third-order valence-corrected chi connectivity index (χ3v) is 1.96. The molecule has 1 aromatic heterocycles. The molecule has 1 heterocycles. The molecule has 0 saturated heterocycles. The molecule has 0 spiro atoms. The minimum absolute atomic E-state index is 0.0311. The van der Waals surface area contributed by atoms with Crippen molar-refractivity contribution in [3.05, 3.63) is 11.9 Å². The molecule has 15 heavy (non-hydrogen) atoms. The van der Waals surface area contributed by atoms with Crippen molar-refractivity contribution >= 4 is 0 Å². The lowest BCUT2D eigenvalue weighted by Gasteiger charge is -2.22. The summed E-state index contributed by atoms with van der Waals surface area (Å²) in [6.45, 7) is 6.78. The molecule has 0 amide bonds. The number of β-amino-alcohol motifs (C(OH)–C–C–N with tert-alkyl or cyclic N) is 1. The molecule has 1 unspecified atom stereocenters. The van der Waals surface area contributed by atoms with Gasteiger partial charge in [0.15, 0.2) is 0 Å². The third-order valence-electron chi connectivity index (χ3n) is 1.96. The summed E-state index contributed by atoms with van der Waals surface area (Å²) in [6.07, 6.45) is 1.94. The fourth-order valence-electron chi connectivity index (χ4n) is 1.23. The lowest BCUT2D eigenvalue weighted by atomic mass is 10.1. The standard InChI is InChI=1S/C10H20N4O/c1-10(2,3)11-6-9(15)5-8-7-14(4)13-12-8/h7,9,11,15H,5-6H2,1-4H3. The van der Waals surface area contributed by atoms with Gasteiger partial charge in [-0.2, -0.15) is 0 Å². The van der Waals surface area contributed by atoms with Crippen LogP contribution in [0.4, 0.5) is 0 Å². The zero-order chi connectivity index (χ0) is 11.5. The molecular weight excluding hydrogens is 192 g/mol. The molecule has 2 N–H and O–H groups in total. The Morgan fingerprint density at radius 2 is 2.20 bits per heavy atom. The second-order valence-electron chi connectivity index (χ2n) is 4.87. The van der Waals surface area contributed by atoms with Crippen LogP contribution in [0.5, 0.6) is 0 Å². The van der Waals surface area contributed by atoms with Gasteiger partial charge in [-0.05, 0) is 20.8 Å². The Balaban J connectivity index is 2.33. The number of nitrogens with one attached hydrogen (secondary N) is 1. The molecule has 0 radical (unpaired) electrons. The van der Waals surface area contributed by atoms with Gasteiger partial charge in [0.05, 0.1) is 11.8 Å². The topological polar surface area (TPSA) is 63.0 Å². The summed E-state index contributed by atoms with van der Waals surface area (Å²) in [5.74, 6) is 0. The lowest BCUT2D eigenvalue weighted by Crippen LogP contribution is -2.41. The molecule has 1 rings (SSSR count). The highest BCUT2D eigenvalue weighted by atomic mass is 16.3. The van der Waals surface area contributed by atoms with E-state index in [1.807, 2.05) is 13.2 Å². The van der Waals surface area contributed by atoms with E-state index in [0.29, 0.717) is 13.0 Å². The SMILES string of the molecule is Cn1cc(CC(O)CNC(C)(C)C)nn1. The highest BCUT2D eigenvalue weighted by Crippen LogP contribution is 2.01. The Hall–Kier alpha value is -0.940. The zero-order valence-electron chi connectivity index (χ0n) is 9.86. The molecule has 0 fully saturated rings. The summed E-state index contributed by atoms with van der Waals surface area (Å²) in [5, 5.41) is 20.7. The first kappa shape index (κ1) is 12.1. The Morgan fingerprint density at radius 3 is 2.67 bits per heavy atom. The van der Waals surface area contributed by atoms with E-state index in [-0.39, 0.29) is 5.54 Å². The molecule has 0 aliphatic heterocycles. The number of rotatable bonds is 4. The highest BCUT2D eigenvalue weighted by molar-refractivity contribution is 4.94. The minimum atomic E-state index is -0.416. The van der Waals surface area contributed by atoms with Crippen molar-refractivity contribution in [2.45, 2.75) is 38.8 Å². The monoisotopic (exact) mass is 212 g/mol. The molecular formula is C10H20N4O. The van der Waals surface area contributed by atoms with Gasteiger partial charge in [-0.25, -0.2) is 0 Å². The molecule has 86 valence electrons. The molecule has 0 aliphatic carbocycles. The van der Waals surface area contributed by atoms with Crippen LogP contribution in [0.25, 0.3) is 0 Å². The average molecular weight is 212 g/mol. The predicted molar refractivity (Wildman–Crippen MR) is 58.5 cm³/mol. The number of hydrogen-bond acceptors (Lipinski definition) is 4. The number of hydrogen-bond donors (Lipinski definition) is 2. The fourth-order valence-corrected chi connectivity index (χ4v) is 1.23. The van der Waals surface area contributed by atoms with E-state index in [4.69, 9.17) is 0 Å². The second-order valence-corrected chi connectivity index (χ2v) is 4.87. The van der Waals surface area contributed by atoms with E-state index >= 15 is 0 Å². The molecule has 5 nitrogen and oxygen atoms in total. The van der Waals surface area contributed by atoms with Crippen molar-refractivity contribution < 1.29 is 5.11 Å². The maximum Gasteiger partial charge on any atom is 0.0853 e. The van der Waals surface area contributed by atoms with Crippen LogP contribution in [0, 0.1) is 0 Å². The van der Waals surface area contributed by atoms with Gasteiger partial charge < -0.3 is 10.4 Å². The minimum Gasteiger partial charge on any atom is -0.391 e. The zero-order valence-corrected chi connectivity index (χ0v) is 9.86. The van der Waals surface area contributed by atoms with Crippen molar-refractivity contribution in [3.63, 3.8) is 0 Å². The van der Waals surface area contributed by atoms with Crippen molar-refractivity contribution in [1.82, 2.24) is 20.3 Å². The molecule has 5 heteroatoms. The molecule has 0 aliphatic rings. The van der Waals surface area contributed by atoms with Gasteiger partial charge in [-0.3, -0.25) is 4.68 Å². The van der Waals surface area contributed by atoms with Crippen LogP contribution in [0.2, 0.25) is 0 Å². The van der Waals surface area contributed by atoms with Gasteiger partial charge >= 0.3 is 0 Å². The quantitative estimate of drug-likeness (QED) is 0.743. The van der Waals surface area contributed by atoms with Crippen LogP contribution in [0.15, 0.2) is 6.20 Å². The van der Waals surface area contributed by atoms with Gasteiger partial charge in [0.2, 0.25) is 0 Å². The Labute approximate surface area is 90.5 Å². The first-order valence-corrected chi connectivity index (χ1v) is 5.15. The second kappa shape index (κ2) is 4.72. The number of aliphatic hydroxyl groups is 1. The largest absolute Gasteiger partial charge is 0.391 e. The van der Waals surface area contributed by atoms with Crippen LogP contribution in [-0.2, 0) is 13.5 Å². The van der Waals surface area contributed by atoms with Gasteiger partial charge in [-0.15, -0.1) is 5.10 Å². The molecule has 0 saturated carbocycles. The summed E-state index contributed by atoms with van der Waals surface area (Å²) in [4.78, 5) is 0. The van der Waals surface area contributed by atoms with E-state index in [1.54, 1.807) is 4.68 Å². The summed E-state index contributed by atoms with van der Waals surface area (Å²) in [7, 11) is 1.82. The third kappa shape index (κ3) is 4.90. The van der Waals surface area contributed by atoms with Gasteiger partial charge in [0.1, 0.15) is 0 Å². The first-order valence-electron chi connectivity index (χ1n) is 5.15. The number of aliphatic hydroxyl groups excluding tert-OH is 1. The van der Waals surface area contributed by atoms with E-state index in [0.717, 1.165) is 5.69 Å². The van der Waals surface area contributed by atoms with Gasteiger partial charge in [0.25, 0.3) is 0 Å². The van der Waals surface area contributed by atoms with Crippen LogP contribution < -0.4 is 5.32 Å². The van der Waals surface area contributed by atoms with Crippen molar-refractivity contribution in [2.24, 2.45) is 7.05 Å². The van der Waals surface area contributed by atoms with Gasteiger partial charge in [0, 0.05) is 31.7 Å². The van der Waals surface area contributed by atoms with Crippen LogP contribution >= 0.6 is 0 Å². The average Bonchev–Trinajstić information content (AvgIpc) is 2.47. The molecule has 1 aromatic rings. The van der Waals surface area contributed by atoms with E-state index < -0.39 is 6.10 Å². The maximum atomic E-state index is 9.74. The lowest BCUT2D eigenvalue weighted by molar-refractivity contribution is 0.160. The normalized spacial score (nSPS) is 14.2. The molecule has 1 atom stereocenters. The van der Waals surface area contributed by atoms with E-state index in [1.165, 1.54) is 0 Å².